The molecule has 1 heterocycles. The van der Waals surface area contributed by atoms with Crippen LogP contribution in [0.25, 0.3) is 0 Å². The second-order valence-corrected chi connectivity index (χ2v) is 5.43. The largest absolute Gasteiger partial charge is 0.487 e. The predicted octanol–water partition coefficient (Wildman–Crippen LogP) is 4.07. The number of esters is 1. The van der Waals surface area contributed by atoms with Crippen LogP contribution in [0, 0.1) is 5.82 Å². The molecule has 152 valence electrons. The minimum atomic E-state index is -4.71. The predicted molar refractivity (Wildman–Crippen MR) is 90.1 cm³/mol. The third-order valence-electron chi connectivity index (χ3n) is 3.38. The van der Waals surface area contributed by atoms with Crippen LogP contribution >= 0.6 is 0 Å². The maximum Gasteiger partial charge on any atom is 0.452 e. The van der Waals surface area contributed by atoms with Gasteiger partial charge in [-0.3, -0.25) is 4.68 Å². The molecule has 0 saturated carbocycles. The zero-order chi connectivity index (χ0) is 20.7. The molecule has 10 heteroatoms. The van der Waals surface area contributed by atoms with Crippen LogP contribution in [-0.4, -0.2) is 35.1 Å². The molecule has 0 radical (unpaired) electrons. The summed E-state index contributed by atoms with van der Waals surface area (Å²) in [6.07, 6.45) is -1.64. The first-order valence-electron chi connectivity index (χ1n) is 8.29. The molecule has 6 nitrogen and oxygen atoms in total. The number of halogens is 4. The molecule has 0 aliphatic rings. The van der Waals surface area contributed by atoms with E-state index in [0.29, 0.717) is 6.26 Å². The molecule has 0 aliphatic carbocycles. The average molecular weight is 402 g/mol. The molecule has 0 saturated heterocycles. The van der Waals surface area contributed by atoms with Crippen molar-refractivity contribution < 1.29 is 36.6 Å². The van der Waals surface area contributed by atoms with Crippen LogP contribution in [-0.2, 0) is 16.0 Å². The number of aromatic nitrogens is 2. The van der Waals surface area contributed by atoms with Crippen molar-refractivity contribution >= 4 is 5.97 Å². The minimum absolute atomic E-state index is 0.0179. The van der Waals surface area contributed by atoms with Gasteiger partial charge in [0.1, 0.15) is 17.8 Å². The Morgan fingerprint density at radius 3 is 2.57 bits per heavy atom. The molecule has 1 aromatic carbocycles. The highest BCUT2D eigenvalue weighted by atomic mass is 19.4. The van der Waals surface area contributed by atoms with E-state index in [1.807, 2.05) is 0 Å². The van der Waals surface area contributed by atoms with Crippen molar-refractivity contribution in [2.24, 2.45) is 0 Å². The summed E-state index contributed by atoms with van der Waals surface area (Å²) < 4.78 is 68.0. The van der Waals surface area contributed by atoms with Gasteiger partial charge >= 0.3 is 12.1 Å². The van der Waals surface area contributed by atoms with E-state index in [1.165, 1.54) is 36.1 Å². The number of rotatable bonds is 8. The topological polar surface area (TPSA) is 62.6 Å². The molecule has 0 spiro atoms. The SMILES string of the molecule is CCOC(=O)c1cnn(Cc2cc(O/C=C(\OCC)C(F)(F)F)ccc2F)c1. The van der Waals surface area contributed by atoms with Crippen LogP contribution in [0.3, 0.4) is 0 Å². The van der Waals surface area contributed by atoms with Crippen LogP contribution < -0.4 is 4.74 Å². The van der Waals surface area contributed by atoms with E-state index in [2.05, 4.69) is 9.84 Å². The summed E-state index contributed by atoms with van der Waals surface area (Å²) in [4.78, 5) is 11.6. The zero-order valence-electron chi connectivity index (χ0n) is 15.1. The van der Waals surface area contributed by atoms with Gasteiger partial charge in [-0.05, 0) is 32.0 Å². The molecule has 1 aromatic heterocycles. The molecule has 0 N–H and O–H groups in total. The van der Waals surface area contributed by atoms with Gasteiger partial charge in [0.2, 0.25) is 5.76 Å². The fourth-order valence-corrected chi connectivity index (χ4v) is 2.15. The fraction of sp³-hybridized carbons (Fsp3) is 0.333. The van der Waals surface area contributed by atoms with E-state index >= 15 is 0 Å². The van der Waals surface area contributed by atoms with Gasteiger partial charge in [0.15, 0.2) is 0 Å². The summed E-state index contributed by atoms with van der Waals surface area (Å²) in [5, 5.41) is 3.94. The lowest BCUT2D eigenvalue weighted by atomic mass is 10.2. The summed E-state index contributed by atoms with van der Waals surface area (Å²) in [6.45, 7) is 3.01. The van der Waals surface area contributed by atoms with E-state index in [1.54, 1.807) is 6.92 Å². The van der Waals surface area contributed by atoms with Crippen molar-refractivity contribution in [3.63, 3.8) is 0 Å². The number of ether oxygens (including phenoxy) is 3. The molecule has 28 heavy (non-hydrogen) atoms. The molecular formula is C18H18F4N2O4. The van der Waals surface area contributed by atoms with Gasteiger partial charge in [-0.2, -0.15) is 18.3 Å². The van der Waals surface area contributed by atoms with Gasteiger partial charge < -0.3 is 14.2 Å². The number of benzene rings is 1. The number of nitrogens with zero attached hydrogens (tertiary/aromatic N) is 2. The molecule has 0 aliphatic heterocycles. The Labute approximate surface area is 158 Å². The monoisotopic (exact) mass is 402 g/mol. The normalized spacial score (nSPS) is 12.0. The highest BCUT2D eigenvalue weighted by molar-refractivity contribution is 5.88. The first-order chi connectivity index (χ1) is 13.2. The van der Waals surface area contributed by atoms with E-state index in [4.69, 9.17) is 9.47 Å². The summed E-state index contributed by atoms with van der Waals surface area (Å²) >= 11 is 0. The Hall–Kier alpha value is -3.04. The van der Waals surface area contributed by atoms with Crippen molar-refractivity contribution in [1.82, 2.24) is 9.78 Å². The first-order valence-corrected chi connectivity index (χ1v) is 8.29. The molecule has 2 rings (SSSR count). The smallest absolute Gasteiger partial charge is 0.452 e. The van der Waals surface area contributed by atoms with Crippen LogP contribution in [0.4, 0.5) is 17.6 Å². The van der Waals surface area contributed by atoms with Gasteiger partial charge in [0.05, 0.1) is 31.5 Å². The maximum absolute atomic E-state index is 14.0. The lowest BCUT2D eigenvalue weighted by molar-refractivity contribution is -0.132. The fourth-order valence-electron chi connectivity index (χ4n) is 2.15. The van der Waals surface area contributed by atoms with Crippen molar-refractivity contribution in [3.05, 3.63) is 59.6 Å². The highest BCUT2D eigenvalue weighted by Gasteiger charge is 2.36. The molecule has 0 amide bonds. The molecule has 2 aromatic rings. The second kappa shape index (κ2) is 9.25. The lowest BCUT2D eigenvalue weighted by Gasteiger charge is -2.12. The Kier molecular flexibility index (Phi) is 7.02. The second-order valence-electron chi connectivity index (χ2n) is 5.43. The average Bonchev–Trinajstić information content (AvgIpc) is 3.09. The number of allylic oxidation sites excluding steroid dienone is 1. The number of carbonyl (C=O) groups is 1. The number of carbonyl (C=O) groups excluding carboxylic acids is 1. The maximum atomic E-state index is 14.0. The van der Waals surface area contributed by atoms with Crippen molar-refractivity contribution in [2.75, 3.05) is 13.2 Å². The molecule has 0 fully saturated rings. The molecule has 0 unspecified atom stereocenters. The Bertz CT molecular complexity index is 846. The van der Waals surface area contributed by atoms with Gasteiger partial charge in [-0.25, -0.2) is 9.18 Å². The molecule has 0 atom stereocenters. The van der Waals surface area contributed by atoms with Crippen LogP contribution in [0.2, 0.25) is 0 Å². The Morgan fingerprint density at radius 1 is 1.21 bits per heavy atom. The lowest BCUT2D eigenvalue weighted by Crippen LogP contribution is -2.15. The quantitative estimate of drug-likeness (QED) is 0.379. The van der Waals surface area contributed by atoms with Gasteiger partial charge in [-0.1, -0.05) is 0 Å². The van der Waals surface area contributed by atoms with E-state index in [-0.39, 0.29) is 36.6 Å². The summed E-state index contributed by atoms with van der Waals surface area (Å²) in [7, 11) is 0. The number of hydrogen-bond donors (Lipinski definition) is 0. The minimum Gasteiger partial charge on any atom is -0.487 e. The van der Waals surface area contributed by atoms with Gasteiger partial charge in [-0.15, -0.1) is 0 Å². The summed E-state index contributed by atoms with van der Waals surface area (Å²) in [5.41, 5.74) is 0.304. The van der Waals surface area contributed by atoms with Gasteiger partial charge in [0, 0.05) is 11.8 Å². The summed E-state index contributed by atoms with van der Waals surface area (Å²) in [5.74, 6) is -2.49. The molecular weight excluding hydrogens is 384 g/mol. The van der Waals surface area contributed by atoms with E-state index in [0.717, 1.165) is 6.07 Å². The third kappa shape index (κ3) is 5.73. The van der Waals surface area contributed by atoms with Crippen molar-refractivity contribution in [1.29, 1.82) is 0 Å². The van der Waals surface area contributed by atoms with Crippen LogP contribution in [0.5, 0.6) is 5.75 Å². The van der Waals surface area contributed by atoms with Gasteiger partial charge in [0.25, 0.3) is 0 Å². The van der Waals surface area contributed by atoms with Crippen LogP contribution in [0.15, 0.2) is 42.6 Å². The van der Waals surface area contributed by atoms with E-state index in [9.17, 15) is 22.4 Å². The number of hydrogen-bond acceptors (Lipinski definition) is 5. The number of alkyl halides is 3. The third-order valence-corrected chi connectivity index (χ3v) is 3.38. The highest BCUT2D eigenvalue weighted by Crippen LogP contribution is 2.27. The Balaban J connectivity index is 2.16. The molecule has 0 bridgehead atoms. The summed E-state index contributed by atoms with van der Waals surface area (Å²) in [6, 6.07) is 3.47. The first kappa shape index (κ1) is 21.3. The Morgan fingerprint density at radius 2 is 1.93 bits per heavy atom. The van der Waals surface area contributed by atoms with Crippen molar-refractivity contribution in [3.8, 4) is 5.75 Å². The van der Waals surface area contributed by atoms with E-state index < -0.39 is 23.7 Å². The van der Waals surface area contributed by atoms with Crippen LogP contribution in [0.1, 0.15) is 29.8 Å². The zero-order valence-corrected chi connectivity index (χ0v) is 15.1. The van der Waals surface area contributed by atoms with Crippen molar-refractivity contribution in [2.45, 2.75) is 26.6 Å². The standard InChI is InChI=1S/C18H18F4N2O4/c1-3-26-16(18(20,21)22)11-28-14-5-6-15(19)12(7-14)9-24-10-13(8-23-24)17(25)27-4-2/h5-8,10-11H,3-4,9H2,1-2H3/b16-11-.